The summed E-state index contributed by atoms with van der Waals surface area (Å²) in [5, 5.41) is 3.48. The Morgan fingerprint density at radius 1 is 1.04 bits per heavy atom. The molecule has 2 aromatic carbocycles. The molecule has 1 saturated heterocycles. The number of hydrogen-bond acceptors (Lipinski definition) is 2. The molecule has 130 valence electrons. The molecule has 2 amide bonds. The monoisotopic (exact) mass is 356 g/mol. The SMILES string of the molecule is O=C1CCN(C(=O)C[C@@H](c2ccccc2)c2ccc(Cl)cc2)CCN1. The zero-order chi connectivity index (χ0) is 17.6. The van der Waals surface area contributed by atoms with Gasteiger partial charge >= 0.3 is 0 Å². The first-order valence-electron chi connectivity index (χ1n) is 8.48. The molecule has 5 heteroatoms. The molecule has 0 saturated carbocycles. The van der Waals surface area contributed by atoms with E-state index in [1.165, 1.54) is 0 Å². The van der Waals surface area contributed by atoms with Crippen LogP contribution in [0.25, 0.3) is 0 Å². The van der Waals surface area contributed by atoms with Crippen LogP contribution in [-0.2, 0) is 9.59 Å². The minimum absolute atomic E-state index is 0.00705. The molecule has 4 nitrogen and oxygen atoms in total. The van der Waals surface area contributed by atoms with Crippen LogP contribution < -0.4 is 5.32 Å². The van der Waals surface area contributed by atoms with E-state index < -0.39 is 0 Å². The second-order valence-corrected chi connectivity index (χ2v) is 6.64. The lowest BCUT2D eigenvalue weighted by atomic mass is 9.88. The largest absolute Gasteiger partial charge is 0.354 e. The van der Waals surface area contributed by atoms with E-state index in [1.807, 2.05) is 54.6 Å². The predicted octanol–water partition coefficient (Wildman–Crippen LogP) is 3.21. The maximum absolute atomic E-state index is 12.8. The molecule has 0 aromatic heterocycles. The quantitative estimate of drug-likeness (QED) is 0.914. The van der Waals surface area contributed by atoms with Crippen molar-refractivity contribution in [1.29, 1.82) is 0 Å². The minimum Gasteiger partial charge on any atom is -0.354 e. The Morgan fingerprint density at radius 3 is 2.44 bits per heavy atom. The van der Waals surface area contributed by atoms with Crippen molar-refractivity contribution in [3.05, 3.63) is 70.7 Å². The Hall–Kier alpha value is -2.33. The van der Waals surface area contributed by atoms with Gasteiger partial charge in [0.05, 0.1) is 0 Å². The number of amides is 2. The number of nitrogens with zero attached hydrogens (tertiary/aromatic N) is 1. The van der Waals surface area contributed by atoms with Gasteiger partial charge in [0.2, 0.25) is 11.8 Å². The Morgan fingerprint density at radius 2 is 1.72 bits per heavy atom. The molecule has 1 aliphatic heterocycles. The number of hydrogen-bond donors (Lipinski definition) is 1. The number of benzene rings is 2. The van der Waals surface area contributed by atoms with Crippen molar-refractivity contribution >= 4 is 23.4 Å². The molecule has 1 heterocycles. The lowest BCUT2D eigenvalue weighted by Crippen LogP contribution is -2.35. The first-order chi connectivity index (χ1) is 12.1. The Kier molecular flexibility index (Phi) is 5.71. The molecule has 0 aliphatic carbocycles. The van der Waals surface area contributed by atoms with Gasteiger partial charge in [-0.15, -0.1) is 0 Å². The smallest absolute Gasteiger partial charge is 0.223 e. The third-order valence-electron chi connectivity index (χ3n) is 4.52. The van der Waals surface area contributed by atoms with Crippen molar-refractivity contribution in [1.82, 2.24) is 10.2 Å². The zero-order valence-electron chi connectivity index (χ0n) is 14.0. The van der Waals surface area contributed by atoms with Crippen molar-refractivity contribution in [3.63, 3.8) is 0 Å². The van der Waals surface area contributed by atoms with Gasteiger partial charge in [0.25, 0.3) is 0 Å². The van der Waals surface area contributed by atoms with Crippen LogP contribution in [0.5, 0.6) is 0 Å². The highest BCUT2D eigenvalue weighted by atomic mass is 35.5. The van der Waals surface area contributed by atoms with Gasteiger partial charge in [-0.2, -0.15) is 0 Å². The minimum atomic E-state index is -0.0297. The van der Waals surface area contributed by atoms with Crippen LogP contribution in [0.3, 0.4) is 0 Å². The fourth-order valence-corrected chi connectivity index (χ4v) is 3.25. The summed E-state index contributed by atoms with van der Waals surface area (Å²) in [5.41, 5.74) is 2.16. The van der Waals surface area contributed by atoms with Crippen molar-refractivity contribution in [2.24, 2.45) is 0 Å². The number of carbonyl (C=O) groups excluding carboxylic acids is 2. The molecule has 3 rings (SSSR count). The molecular formula is C20H21ClN2O2. The number of nitrogens with one attached hydrogen (secondary N) is 1. The van der Waals surface area contributed by atoms with E-state index in [4.69, 9.17) is 11.6 Å². The standard InChI is InChI=1S/C20H21ClN2O2/c21-17-8-6-16(7-9-17)18(15-4-2-1-3-5-15)14-20(25)23-12-10-19(24)22-11-13-23/h1-9,18H,10-14H2,(H,22,24)/t18-/m0/s1. The predicted molar refractivity (Wildman–Crippen MR) is 98.6 cm³/mol. The first kappa shape index (κ1) is 17.5. The molecule has 0 spiro atoms. The molecule has 0 unspecified atom stereocenters. The van der Waals surface area contributed by atoms with Gasteiger partial charge in [-0.05, 0) is 23.3 Å². The third kappa shape index (κ3) is 4.60. The maximum Gasteiger partial charge on any atom is 0.223 e. The van der Waals surface area contributed by atoms with Crippen LogP contribution in [0, 0.1) is 0 Å². The number of carbonyl (C=O) groups is 2. The Balaban J connectivity index is 1.81. The van der Waals surface area contributed by atoms with Crippen LogP contribution >= 0.6 is 11.6 Å². The molecule has 2 aromatic rings. The second kappa shape index (κ2) is 8.17. The van der Waals surface area contributed by atoms with Crippen molar-refractivity contribution in [2.45, 2.75) is 18.8 Å². The molecule has 25 heavy (non-hydrogen) atoms. The Labute approximate surface area is 152 Å². The van der Waals surface area contributed by atoms with E-state index in [9.17, 15) is 9.59 Å². The highest BCUT2D eigenvalue weighted by molar-refractivity contribution is 6.30. The van der Waals surface area contributed by atoms with Crippen molar-refractivity contribution < 1.29 is 9.59 Å². The topological polar surface area (TPSA) is 49.4 Å². The van der Waals surface area contributed by atoms with Crippen LogP contribution in [0.2, 0.25) is 5.02 Å². The summed E-state index contributed by atoms with van der Waals surface area (Å²) in [7, 11) is 0. The van der Waals surface area contributed by atoms with Crippen LogP contribution in [0.4, 0.5) is 0 Å². The summed E-state index contributed by atoms with van der Waals surface area (Å²) in [6, 6.07) is 17.7. The van der Waals surface area contributed by atoms with E-state index in [2.05, 4.69) is 5.32 Å². The summed E-state index contributed by atoms with van der Waals surface area (Å²) in [6.07, 6.45) is 0.739. The van der Waals surface area contributed by atoms with Gasteiger partial charge in [0.15, 0.2) is 0 Å². The summed E-state index contributed by atoms with van der Waals surface area (Å²) in [6.45, 7) is 1.56. The normalized spacial score (nSPS) is 16.0. The average Bonchev–Trinajstić information content (AvgIpc) is 2.86. The molecule has 1 N–H and O–H groups in total. The van der Waals surface area contributed by atoms with Crippen LogP contribution in [0.1, 0.15) is 29.9 Å². The van der Waals surface area contributed by atoms with Crippen LogP contribution in [-0.4, -0.2) is 36.3 Å². The average molecular weight is 357 g/mol. The summed E-state index contributed by atoms with van der Waals surface area (Å²) < 4.78 is 0. The summed E-state index contributed by atoms with van der Waals surface area (Å²) >= 11 is 6.01. The number of halogens is 1. The molecule has 1 aliphatic rings. The highest BCUT2D eigenvalue weighted by Crippen LogP contribution is 2.29. The van der Waals surface area contributed by atoms with E-state index in [0.29, 0.717) is 37.5 Å². The van der Waals surface area contributed by atoms with Gasteiger partial charge in [0.1, 0.15) is 0 Å². The van der Waals surface area contributed by atoms with Crippen molar-refractivity contribution in [3.8, 4) is 0 Å². The zero-order valence-corrected chi connectivity index (χ0v) is 14.7. The van der Waals surface area contributed by atoms with Gasteiger partial charge in [-0.1, -0.05) is 54.1 Å². The van der Waals surface area contributed by atoms with E-state index in [1.54, 1.807) is 4.90 Å². The molecule has 1 fully saturated rings. The van der Waals surface area contributed by atoms with Gasteiger partial charge in [-0.25, -0.2) is 0 Å². The first-order valence-corrected chi connectivity index (χ1v) is 8.86. The number of rotatable bonds is 4. The van der Waals surface area contributed by atoms with Crippen LogP contribution in [0.15, 0.2) is 54.6 Å². The fraction of sp³-hybridized carbons (Fsp3) is 0.300. The van der Waals surface area contributed by atoms with Gasteiger partial charge in [-0.3, -0.25) is 9.59 Å². The Bertz CT molecular complexity index is 731. The molecular weight excluding hydrogens is 336 g/mol. The molecule has 0 radical (unpaired) electrons. The third-order valence-corrected chi connectivity index (χ3v) is 4.77. The highest BCUT2D eigenvalue weighted by Gasteiger charge is 2.23. The summed E-state index contributed by atoms with van der Waals surface area (Å²) in [4.78, 5) is 26.1. The summed E-state index contributed by atoms with van der Waals surface area (Å²) in [5.74, 6) is 0.0470. The lowest BCUT2D eigenvalue weighted by molar-refractivity contribution is -0.131. The molecule has 0 bridgehead atoms. The fourth-order valence-electron chi connectivity index (χ4n) is 3.13. The van der Waals surface area contributed by atoms with Gasteiger partial charge < -0.3 is 10.2 Å². The second-order valence-electron chi connectivity index (χ2n) is 6.20. The van der Waals surface area contributed by atoms with E-state index in [0.717, 1.165) is 11.1 Å². The van der Waals surface area contributed by atoms with Gasteiger partial charge in [0, 0.05) is 43.4 Å². The van der Waals surface area contributed by atoms with Crippen molar-refractivity contribution in [2.75, 3.05) is 19.6 Å². The van der Waals surface area contributed by atoms with E-state index >= 15 is 0 Å². The molecule has 1 atom stereocenters. The van der Waals surface area contributed by atoms with E-state index in [-0.39, 0.29) is 17.7 Å². The lowest BCUT2D eigenvalue weighted by Gasteiger charge is -2.24. The maximum atomic E-state index is 12.8.